The van der Waals surface area contributed by atoms with Gasteiger partial charge in [0.25, 0.3) is 0 Å². The second-order valence-corrected chi connectivity index (χ2v) is 7.52. The lowest BCUT2D eigenvalue weighted by atomic mass is 9.92. The van der Waals surface area contributed by atoms with Gasteiger partial charge in [0.15, 0.2) is 0 Å². The molecule has 0 saturated heterocycles. The summed E-state index contributed by atoms with van der Waals surface area (Å²) in [6.07, 6.45) is -0.676. The summed E-state index contributed by atoms with van der Waals surface area (Å²) in [6, 6.07) is 16.5. The summed E-state index contributed by atoms with van der Waals surface area (Å²) < 4.78 is 5.19. The molecule has 0 bridgehead atoms. The molecule has 3 aromatic carbocycles. The lowest BCUT2D eigenvalue weighted by molar-refractivity contribution is -0.308. The van der Waals surface area contributed by atoms with Crippen LogP contribution in [-0.2, 0) is 16.0 Å². The van der Waals surface area contributed by atoms with E-state index in [-0.39, 0.29) is 6.42 Å². The first-order valence-corrected chi connectivity index (χ1v) is 8.84. The number of hydrogen-bond donors (Lipinski definition) is 1. The minimum Gasteiger partial charge on any atom is -0.548 e. The average Bonchev–Trinajstić information content (AvgIpc) is 2.59. The van der Waals surface area contributed by atoms with E-state index in [0.29, 0.717) is 0 Å². The van der Waals surface area contributed by atoms with Crippen molar-refractivity contribution < 1.29 is 19.4 Å². The molecule has 0 spiro atoms. The van der Waals surface area contributed by atoms with Crippen LogP contribution in [-0.4, -0.2) is 23.7 Å². The molecule has 3 aromatic rings. The van der Waals surface area contributed by atoms with Crippen molar-refractivity contribution in [2.75, 3.05) is 0 Å². The normalized spacial score (nSPS) is 12.7. The number of fused-ring (bicyclic) bond motifs is 2. The monoisotopic (exact) mass is 364 g/mol. The maximum absolute atomic E-state index is 12.1. The van der Waals surface area contributed by atoms with E-state index in [0.717, 1.165) is 27.1 Å². The van der Waals surface area contributed by atoms with Gasteiger partial charge in [-0.25, -0.2) is 4.79 Å². The lowest BCUT2D eigenvalue weighted by Crippen LogP contribution is -2.50. The molecule has 5 heteroatoms. The van der Waals surface area contributed by atoms with Gasteiger partial charge in [-0.2, -0.15) is 0 Å². The molecular weight excluding hydrogens is 342 g/mol. The number of ether oxygens (including phenoxy) is 1. The van der Waals surface area contributed by atoms with Crippen LogP contribution in [0.2, 0.25) is 0 Å². The third-order valence-corrected chi connectivity index (χ3v) is 4.27. The Morgan fingerprint density at radius 2 is 1.52 bits per heavy atom. The number of aliphatic carboxylic acids is 1. The smallest absolute Gasteiger partial charge is 0.408 e. The highest BCUT2D eigenvalue weighted by molar-refractivity contribution is 6.02. The third-order valence-electron chi connectivity index (χ3n) is 4.27. The molecule has 27 heavy (non-hydrogen) atoms. The van der Waals surface area contributed by atoms with Gasteiger partial charge in [-0.1, -0.05) is 48.5 Å². The minimum atomic E-state index is -1.35. The number of carboxylic acid groups (broad SMARTS) is 1. The zero-order valence-corrected chi connectivity index (χ0v) is 15.6. The molecule has 1 atom stereocenters. The third kappa shape index (κ3) is 4.37. The maximum Gasteiger partial charge on any atom is 0.408 e. The molecule has 0 fully saturated rings. The molecule has 1 amide bonds. The molecule has 0 aromatic heterocycles. The van der Waals surface area contributed by atoms with Crippen molar-refractivity contribution >= 4 is 33.6 Å². The first kappa shape index (κ1) is 18.7. The molecule has 0 aliphatic rings. The van der Waals surface area contributed by atoms with Crippen LogP contribution in [0.3, 0.4) is 0 Å². The van der Waals surface area contributed by atoms with E-state index < -0.39 is 23.7 Å². The first-order valence-electron chi connectivity index (χ1n) is 8.84. The van der Waals surface area contributed by atoms with E-state index in [1.807, 2.05) is 48.5 Å². The summed E-state index contributed by atoms with van der Waals surface area (Å²) in [6.45, 7) is 5.16. The molecule has 140 valence electrons. The Bertz CT molecular complexity index is 950. The van der Waals surface area contributed by atoms with E-state index in [9.17, 15) is 14.7 Å². The van der Waals surface area contributed by atoms with Crippen molar-refractivity contribution in [3.63, 3.8) is 0 Å². The molecule has 0 aliphatic heterocycles. The Morgan fingerprint density at radius 1 is 1.00 bits per heavy atom. The zero-order chi connectivity index (χ0) is 19.6. The van der Waals surface area contributed by atoms with Gasteiger partial charge in [-0.3, -0.25) is 0 Å². The molecule has 0 heterocycles. The highest BCUT2D eigenvalue weighted by atomic mass is 16.6. The van der Waals surface area contributed by atoms with Crippen molar-refractivity contribution in [2.45, 2.75) is 38.8 Å². The SMILES string of the molecule is CC(C)(C)OC(=O)N[C@H](Cc1c2ccccc2cc2ccccc12)C(=O)[O-]. The largest absolute Gasteiger partial charge is 0.548 e. The number of amides is 1. The summed E-state index contributed by atoms with van der Waals surface area (Å²) in [7, 11) is 0. The van der Waals surface area contributed by atoms with Crippen LogP contribution in [0, 0.1) is 0 Å². The Balaban J connectivity index is 2.01. The predicted octanol–water partition coefficient (Wildman–Crippen LogP) is 3.18. The van der Waals surface area contributed by atoms with Gasteiger partial charge in [0.2, 0.25) is 0 Å². The van der Waals surface area contributed by atoms with E-state index in [1.54, 1.807) is 20.8 Å². The average molecular weight is 364 g/mol. The van der Waals surface area contributed by atoms with Crippen molar-refractivity contribution in [3.8, 4) is 0 Å². The Hall–Kier alpha value is -3.08. The minimum absolute atomic E-state index is 0.101. The number of carbonyl (C=O) groups is 2. The van der Waals surface area contributed by atoms with Crippen molar-refractivity contribution in [1.29, 1.82) is 0 Å². The quantitative estimate of drug-likeness (QED) is 0.721. The Morgan fingerprint density at radius 3 is 2.00 bits per heavy atom. The second-order valence-electron chi connectivity index (χ2n) is 7.52. The number of alkyl carbamates (subject to hydrolysis) is 1. The molecule has 0 radical (unpaired) electrons. The summed E-state index contributed by atoms with van der Waals surface area (Å²) in [5, 5.41) is 18.1. The number of nitrogens with one attached hydrogen (secondary N) is 1. The summed E-state index contributed by atoms with van der Waals surface area (Å²) in [5.74, 6) is -1.35. The fraction of sp³-hybridized carbons (Fsp3) is 0.273. The Kier molecular flexibility index (Phi) is 5.04. The van der Waals surface area contributed by atoms with E-state index >= 15 is 0 Å². The molecule has 1 N–H and O–H groups in total. The summed E-state index contributed by atoms with van der Waals surface area (Å²) >= 11 is 0. The van der Waals surface area contributed by atoms with Gasteiger partial charge < -0.3 is 20.0 Å². The highest BCUT2D eigenvalue weighted by Crippen LogP contribution is 2.29. The predicted molar refractivity (Wildman–Crippen MR) is 103 cm³/mol. The van der Waals surface area contributed by atoms with Crippen molar-refractivity contribution in [3.05, 3.63) is 60.2 Å². The standard InChI is InChI=1S/C22H23NO4/c1-22(2,3)27-21(26)23-19(20(24)25)13-18-16-10-6-4-8-14(16)12-15-9-5-7-11-17(15)18/h4-12,19H,13H2,1-3H3,(H,23,26)(H,24,25)/p-1/t19-/m1/s1. The molecule has 5 nitrogen and oxygen atoms in total. The molecule has 0 aliphatic carbocycles. The molecular formula is C22H22NO4-. The first-order chi connectivity index (χ1) is 12.7. The summed E-state index contributed by atoms with van der Waals surface area (Å²) in [5.41, 5.74) is 0.140. The number of carboxylic acids is 1. The fourth-order valence-electron chi connectivity index (χ4n) is 3.18. The molecule has 0 unspecified atom stereocenters. The number of rotatable bonds is 4. The van der Waals surface area contributed by atoms with E-state index in [4.69, 9.17) is 4.74 Å². The lowest BCUT2D eigenvalue weighted by Gasteiger charge is -2.25. The van der Waals surface area contributed by atoms with Crippen LogP contribution in [0.4, 0.5) is 4.79 Å². The van der Waals surface area contributed by atoms with Gasteiger partial charge in [-0.05, 0) is 60.4 Å². The zero-order valence-electron chi connectivity index (χ0n) is 15.6. The molecule has 0 saturated carbocycles. The summed E-state index contributed by atoms with van der Waals surface area (Å²) in [4.78, 5) is 23.8. The number of benzene rings is 3. The van der Waals surface area contributed by atoms with E-state index in [2.05, 4.69) is 11.4 Å². The Labute approximate surface area is 157 Å². The second kappa shape index (κ2) is 7.27. The number of hydrogen-bond acceptors (Lipinski definition) is 4. The van der Waals surface area contributed by atoms with Crippen LogP contribution in [0.1, 0.15) is 26.3 Å². The van der Waals surface area contributed by atoms with Crippen molar-refractivity contribution in [2.24, 2.45) is 0 Å². The van der Waals surface area contributed by atoms with Crippen LogP contribution in [0.25, 0.3) is 21.5 Å². The fourth-order valence-corrected chi connectivity index (χ4v) is 3.18. The van der Waals surface area contributed by atoms with Crippen LogP contribution in [0.5, 0.6) is 0 Å². The van der Waals surface area contributed by atoms with Gasteiger partial charge in [0.05, 0.1) is 12.0 Å². The van der Waals surface area contributed by atoms with Gasteiger partial charge >= 0.3 is 6.09 Å². The van der Waals surface area contributed by atoms with Crippen LogP contribution >= 0.6 is 0 Å². The topological polar surface area (TPSA) is 78.5 Å². The van der Waals surface area contributed by atoms with Gasteiger partial charge in [-0.15, -0.1) is 0 Å². The highest BCUT2D eigenvalue weighted by Gasteiger charge is 2.22. The van der Waals surface area contributed by atoms with E-state index in [1.165, 1.54) is 0 Å². The van der Waals surface area contributed by atoms with Crippen LogP contribution < -0.4 is 10.4 Å². The van der Waals surface area contributed by atoms with Gasteiger partial charge in [0, 0.05) is 0 Å². The maximum atomic E-state index is 12.1. The number of carbonyl (C=O) groups excluding carboxylic acids is 2. The van der Waals surface area contributed by atoms with Gasteiger partial charge in [0.1, 0.15) is 5.60 Å². The molecule has 3 rings (SSSR count). The van der Waals surface area contributed by atoms with Crippen molar-refractivity contribution in [1.82, 2.24) is 5.32 Å². The van der Waals surface area contributed by atoms with Crippen LogP contribution in [0.15, 0.2) is 54.6 Å².